The van der Waals surface area contributed by atoms with Crippen molar-refractivity contribution in [1.29, 1.82) is 0 Å². The third kappa shape index (κ3) is 3.86. The third-order valence-corrected chi connectivity index (χ3v) is 3.01. The lowest BCUT2D eigenvalue weighted by atomic mass is 9.83. The minimum Gasteiger partial charge on any atom is -0.497 e. The minimum absolute atomic E-state index is 0.343. The van der Waals surface area contributed by atoms with Gasteiger partial charge in [-0.15, -0.1) is 0 Å². The van der Waals surface area contributed by atoms with Crippen molar-refractivity contribution < 1.29 is 19.4 Å². The van der Waals surface area contributed by atoms with Crippen LogP contribution in [0.15, 0.2) is 18.2 Å². The van der Waals surface area contributed by atoms with Crippen LogP contribution in [0.25, 0.3) is 0 Å². The summed E-state index contributed by atoms with van der Waals surface area (Å²) in [6.45, 7) is 3.87. The van der Waals surface area contributed by atoms with Gasteiger partial charge < -0.3 is 19.9 Å². The molecule has 0 saturated carbocycles. The largest absolute Gasteiger partial charge is 0.497 e. The van der Waals surface area contributed by atoms with Crippen molar-refractivity contribution in [1.82, 2.24) is 5.32 Å². The number of carbonyl (C=O) groups excluding carboxylic acids is 1. The van der Waals surface area contributed by atoms with Crippen LogP contribution in [0.1, 0.15) is 19.4 Å². The normalized spacial score (nSPS) is 11.0. The summed E-state index contributed by atoms with van der Waals surface area (Å²) in [5, 5.41) is 11.4. The van der Waals surface area contributed by atoms with E-state index in [1.165, 1.54) is 0 Å². The Morgan fingerprint density at radius 1 is 1.32 bits per heavy atom. The minimum atomic E-state index is -0.509. The molecule has 0 bridgehead atoms. The molecule has 19 heavy (non-hydrogen) atoms. The topological polar surface area (TPSA) is 67.8 Å². The van der Waals surface area contributed by atoms with E-state index in [1.807, 2.05) is 32.0 Å². The van der Waals surface area contributed by atoms with Crippen molar-refractivity contribution in [2.24, 2.45) is 0 Å². The number of aliphatic hydroxyl groups is 1. The van der Waals surface area contributed by atoms with Gasteiger partial charge in [-0.05, 0) is 18.2 Å². The van der Waals surface area contributed by atoms with Gasteiger partial charge in [-0.3, -0.25) is 4.79 Å². The third-order valence-electron chi connectivity index (χ3n) is 3.01. The lowest BCUT2D eigenvalue weighted by Crippen LogP contribution is -2.38. The number of hydrogen-bond acceptors (Lipinski definition) is 4. The van der Waals surface area contributed by atoms with E-state index >= 15 is 0 Å². The zero-order valence-corrected chi connectivity index (χ0v) is 11.8. The molecule has 106 valence electrons. The number of rotatable bonds is 6. The number of hydrogen-bond donors (Lipinski definition) is 2. The molecule has 0 aromatic heterocycles. The number of amides is 1. The van der Waals surface area contributed by atoms with E-state index in [-0.39, 0.29) is 5.41 Å². The summed E-state index contributed by atoms with van der Waals surface area (Å²) >= 11 is 0. The van der Waals surface area contributed by atoms with Crippen molar-refractivity contribution >= 4 is 5.91 Å². The van der Waals surface area contributed by atoms with Crippen molar-refractivity contribution in [3.63, 3.8) is 0 Å². The van der Waals surface area contributed by atoms with Gasteiger partial charge in [0.15, 0.2) is 0 Å². The van der Waals surface area contributed by atoms with E-state index in [2.05, 4.69) is 5.32 Å². The second-order valence-electron chi connectivity index (χ2n) is 4.88. The Kier molecular flexibility index (Phi) is 5.18. The van der Waals surface area contributed by atoms with Gasteiger partial charge in [-0.2, -0.15) is 0 Å². The molecule has 0 fully saturated rings. The maximum absolute atomic E-state index is 11.2. The standard InChI is InChI=1S/C14H21NO4/c1-14(2,9-15-13(17)8-16)11-7-10(18-3)5-6-12(11)19-4/h5-7,16H,8-9H2,1-4H3,(H,15,17). The summed E-state index contributed by atoms with van der Waals surface area (Å²) in [5.41, 5.74) is 0.595. The molecule has 1 rings (SSSR count). The summed E-state index contributed by atoms with van der Waals surface area (Å²) in [6.07, 6.45) is 0. The van der Waals surface area contributed by atoms with Gasteiger partial charge in [-0.1, -0.05) is 13.8 Å². The SMILES string of the molecule is COc1ccc(OC)c(C(C)(C)CNC(=O)CO)c1. The van der Waals surface area contributed by atoms with Crippen molar-refractivity contribution in [2.75, 3.05) is 27.4 Å². The average molecular weight is 267 g/mol. The van der Waals surface area contributed by atoms with Gasteiger partial charge in [0.25, 0.3) is 0 Å². The van der Waals surface area contributed by atoms with Crippen molar-refractivity contribution in [3.8, 4) is 11.5 Å². The van der Waals surface area contributed by atoms with E-state index in [0.29, 0.717) is 6.54 Å². The summed E-state index contributed by atoms with van der Waals surface area (Å²) in [5.74, 6) is 1.08. The highest BCUT2D eigenvalue weighted by Crippen LogP contribution is 2.34. The number of nitrogens with one attached hydrogen (secondary N) is 1. The highest BCUT2D eigenvalue weighted by atomic mass is 16.5. The van der Waals surface area contributed by atoms with Crippen molar-refractivity contribution in [2.45, 2.75) is 19.3 Å². The highest BCUT2D eigenvalue weighted by Gasteiger charge is 2.25. The highest BCUT2D eigenvalue weighted by molar-refractivity contribution is 5.77. The Hall–Kier alpha value is -1.75. The molecule has 0 radical (unpaired) electrons. The first kappa shape index (κ1) is 15.3. The number of aliphatic hydroxyl groups excluding tert-OH is 1. The Labute approximate surface area is 113 Å². The monoisotopic (exact) mass is 267 g/mol. The van der Waals surface area contributed by atoms with E-state index in [4.69, 9.17) is 14.6 Å². The molecule has 0 aliphatic carbocycles. The van der Waals surface area contributed by atoms with Gasteiger partial charge in [0.05, 0.1) is 14.2 Å². The number of ether oxygens (including phenoxy) is 2. The first-order valence-electron chi connectivity index (χ1n) is 6.04. The van der Waals surface area contributed by atoms with E-state index in [9.17, 15) is 4.79 Å². The lowest BCUT2D eigenvalue weighted by molar-refractivity contribution is -0.124. The number of methoxy groups -OCH3 is 2. The fraction of sp³-hybridized carbons (Fsp3) is 0.500. The van der Waals surface area contributed by atoms with Crippen molar-refractivity contribution in [3.05, 3.63) is 23.8 Å². The van der Waals surface area contributed by atoms with Crippen LogP contribution in [-0.2, 0) is 10.2 Å². The molecular weight excluding hydrogens is 246 g/mol. The van der Waals surface area contributed by atoms with Crippen LogP contribution >= 0.6 is 0 Å². The molecule has 2 N–H and O–H groups in total. The molecule has 5 heteroatoms. The Morgan fingerprint density at radius 2 is 2.00 bits per heavy atom. The van der Waals surface area contributed by atoms with E-state index in [0.717, 1.165) is 17.1 Å². The second-order valence-corrected chi connectivity index (χ2v) is 4.88. The maximum Gasteiger partial charge on any atom is 0.245 e. The van der Waals surface area contributed by atoms with Crippen LogP contribution < -0.4 is 14.8 Å². The number of carbonyl (C=O) groups is 1. The summed E-state index contributed by atoms with van der Waals surface area (Å²) < 4.78 is 10.6. The molecule has 1 aromatic carbocycles. The smallest absolute Gasteiger partial charge is 0.245 e. The van der Waals surface area contributed by atoms with E-state index in [1.54, 1.807) is 14.2 Å². The first-order valence-corrected chi connectivity index (χ1v) is 6.04. The molecular formula is C14H21NO4. The van der Waals surface area contributed by atoms with Crippen LogP contribution in [0, 0.1) is 0 Å². The molecule has 1 amide bonds. The van der Waals surface area contributed by atoms with Gasteiger partial charge in [0.2, 0.25) is 5.91 Å². The van der Waals surface area contributed by atoms with Crippen LogP contribution in [-0.4, -0.2) is 38.4 Å². The summed E-state index contributed by atoms with van der Waals surface area (Å²) in [7, 11) is 3.21. The quantitative estimate of drug-likeness (QED) is 0.809. The second kappa shape index (κ2) is 6.43. The molecule has 0 atom stereocenters. The fourth-order valence-electron chi connectivity index (χ4n) is 1.81. The average Bonchev–Trinajstić information content (AvgIpc) is 2.43. The van der Waals surface area contributed by atoms with Gasteiger partial charge in [0.1, 0.15) is 18.1 Å². The Morgan fingerprint density at radius 3 is 2.53 bits per heavy atom. The zero-order chi connectivity index (χ0) is 14.5. The molecule has 1 aromatic rings. The predicted molar refractivity (Wildman–Crippen MR) is 72.7 cm³/mol. The molecule has 0 aliphatic rings. The van der Waals surface area contributed by atoms with Gasteiger partial charge >= 0.3 is 0 Å². The molecule has 0 unspecified atom stereocenters. The maximum atomic E-state index is 11.2. The van der Waals surface area contributed by atoms with Crippen LogP contribution in [0.5, 0.6) is 11.5 Å². The fourth-order valence-corrected chi connectivity index (χ4v) is 1.81. The van der Waals surface area contributed by atoms with Crippen LogP contribution in [0.3, 0.4) is 0 Å². The van der Waals surface area contributed by atoms with Crippen LogP contribution in [0.2, 0.25) is 0 Å². The molecule has 0 aliphatic heterocycles. The van der Waals surface area contributed by atoms with E-state index < -0.39 is 12.5 Å². The predicted octanol–water partition coefficient (Wildman–Crippen LogP) is 1.09. The number of benzene rings is 1. The molecule has 5 nitrogen and oxygen atoms in total. The Bertz CT molecular complexity index is 443. The molecule has 0 spiro atoms. The molecule has 0 saturated heterocycles. The molecule has 0 heterocycles. The van der Waals surface area contributed by atoms with Crippen LogP contribution in [0.4, 0.5) is 0 Å². The lowest BCUT2D eigenvalue weighted by Gasteiger charge is -2.27. The zero-order valence-electron chi connectivity index (χ0n) is 11.8. The first-order chi connectivity index (χ1) is 8.94. The van der Waals surface area contributed by atoms with Gasteiger partial charge in [0, 0.05) is 17.5 Å². The van der Waals surface area contributed by atoms with Gasteiger partial charge in [-0.25, -0.2) is 0 Å². The summed E-state index contributed by atoms with van der Waals surface area (Å²) in [4.78, 5) is 11.2. The Balaban J connectivity index is 3.00. The summed E-state index contributed by atoms with van der Waals surface area (Å²) in [6, 6.07) is 5.55.